The number of anilines is 1. The lowest BCUT2D eigenvalue weighted by Gasteiger charge is -2.25. The number of carbonyl (C=O) groups excluding carboxylic acids is 2. The maximum Gasteiger partial charge on any atom is 0.300 e. The van der Waals surface area contributed by atoms with Crippen LogP contribution in [0.5, 0.6) is 11.5 Å². The quantitative estimate of drug-likeness (QED) is 0.200. The summed E-state index contributed by atoms with van der Waals surface area (Å²) in [6, 6.07) is 16.5. The lowest BCUT2D eigenvalue weighted by Crippen LogP contribution is -2.29. The number of aliphatic hydroxyl groups is 1. The van der Waals surface area contributed by atoms with E-state index in [4.69, 9.17) is 4.74 Å². The molecule has 3 aromatic carbocycles. The van der Waals surface area contributed by atoms with Gasteiger partial charge >= 0.3 is 0 Å². The van der Waals surface area contributed by atoms with E-state index < -0.39 is 28.4 Å². The summed E-state index contributed by atoms with van der Waals surface area (Å²) in [6.45, 7) is 0. The van der Waals surface area contributed by atoms with Gasteiger partial charge in [-0.2, -0.15) is 0 Å². The van der Waals surface area contributed by atoms with Gasteiger partial charge in [0.1, 0.15) is 17.3 Å². The van der Waals surface area contributed by atoms with Gasteiger partial charge in [0, 0.05) is 29.4 Å². The Morgan fingerprint density at radius 2 is 1.73 bits per heavy atom. The molecule has 9 nitrogen and oxygen atoms in total. The topological polar surface area (TPSA) is 130 Å². The molecule has 0 aromatic heterocycles. The molecule has 1 fully saturated rings. The summed E-state index contributed by atoms with van der Waals surface area (Å²) in [5, 5.41) is 32.0. The maximum absolute atomic E-state index is 13.1. The molecule has 1 aliphatic heterocycles. The Kier molecular flexibility index (Phi) is 5.53. The van der Waals surface area contributed by atoms with E-state index in [1.54, 1.807) is 36.4 Å². The zero-order chi connectivity index (χ0) is 23.7. The minimum atomic E-state index is -1.06. The number of hydrogen-bond donors (Lipinski definition) is 2. The maximum atomic E-state index is 13.1. The first-order chi connectivity index (χ1) is 15.8. The number of hydrogen-bond acceptors (Lipinski definition) is 7. The molecule has 3 aromatic rings. The van der Waals surface area contributed by atoms with Crippen molar-refractivity contribution in [2.45, 2.75) is 6.04 Å². The van der Waals surface area contributed by atoms with Gasteiger partial charge in [0.2, 0.25) is 0 Å². The van der Waals surface area contributed by atoms with Gasteiger partial charge in [-0.3, -0.25) is 24.6 Å². The number of nitrogens with zero attached hydrogens (tertiary/aromatic N) is 2. The molecule has 0 saturated carbocycles. The molecule has 0 spiro atoms. The largest absolute Gasteiger partial charge is 0.508 e. The zero-order valence-corrected chi connectivity index (χ0v) is 17.3. The average Bonchev–Trinajstić information content (AvgIpc) is 3.09. The van der Waals surface area contributed by atoms with Crippen molar-refractivity contribution in [1.29, 1.82) is 0 Å². The number of nitro groups is 1. The number of nitro benzene ring substituents is 1. The summed E-state index contributed by atoms with van der Waals surface area (Å²) in [5.74, 6) is -1.91. The van der Waals surface area contributed by atoms with Crippen molar-refractivity contribution >= 4 is 28.8 Å². The highest BCUT2D eigenvalue weighted by atomic mass is 16.6. The van der Waals surface area contributed by atoms with Crippen LogP contribution in [0.15, 0.2) is 78.4 Å². The number of ketones is 1. The Hall–Kier alpha value is -4.66. The zero-order valence-electron chi connectivity index (χ0n) is 17.3. The minimum absolute atomic E-state index is 0.0842. The third-order valence-corrected chi connectivity index (χ3v) is 5.31. The molecule has 1 saturated heterocycles. The number of benzene rings is 3. The highest BCUT2D eigenvalue weighted by molar-refractivity contribution is 6.51. The Morgan fingerprint density at radius 3 is 2.36 bits per heavy atom. The number of Topliss-reactive ketones (excluding diaryl/α,β-unsaturated/α-hetero) is 1. The fourth-order valence-corrected chi connectivity index (χ4v) is 3.77. The van der Waals surface area contributed by atoms with Crippen molar-refractivity contribution in [2.75, 3.05) is 12.0 Å². The Labute approximate surface area is 187 Å². The van der Waals surface area contributed by atoms with E-state index in [1.165, 1.54) is 48.4 Å². The Morgan fingerprint density at radius 1 is 1.03 bits per heavy atom. The summed E-state index contributed by atoms with van der Waals surface area (Å²) >= 11 is 0. The van der Waals surface area contributed by atoms with Gasteiger partial charge in [-0.1, -0.05) is 18.2 Å². The second-order valence-electron chi connectivity index (χ2n) is 7.27. The van der Waals surface area contributed by atoms with E-state index in [-0.39, 0.29) is 22.6 Å². The standard InChI is InChI=1S/C24H18N2O7/c1-33-19-7-3-5-17(13-19)25-21(15-4-2-6-18(27)12-15)20(23(29)24(25)30)22(28)14-8-10-16(11-9-14)26(31)32/h2-13,21,27-28H,1H3/b22-20+. The number of methoxy groups -OCH3 is 1. The lowest BCUT2D eigenvalue weighted by atomic mass is 9.95. The van der Waals surface area contributed by atoms with Crippen LogP contribution < -0.4 is 9.64 Å². The fourth-order valence-electron chi connectivity index (χ4n) is 3.77. The van der Waals surface area contributed by atoms with E-state index in [0.29, 0.717) is 17.0 Å². The molecule has 0 bridgehead atoms. The third-order valence-electron chi connectivity index (χ3n) is 5.31. The van der Waals surface area contributed by atoms with Crippen molar-refractivity contribution in [3.8, 4) is 11.5 Å². The van der Waals surface area contributed by atoms with Crippen molar-refractivity contribution in [3.05, 3.63) is 99.6 Å². The van der Waals surface area contributed by atoms with Crippen LogP contribution in [0.4, 0.5) is 11.4 Å². The normalized spacial score (nSPS) is 17.2. The van der Waals surface area contributed by atoms with Gasteiger partial charge in [-0.05, 0) is 42.0 Å². The van der Waals surface area contributed by atoms with Crippen LogP contribution in [0.25, 0.3) is 5.76 Å². The monoisotopic (exact) mass is 446 g/mol. The van der Waals surface area contributed by atoms with Crippen LogP contribution in [-0.4, -0.2) is 33.9 Å². The van der Waals surface area contributed by atoms with Crippen molar-refractivity contribution < 1.29 is 29.5 Å². The second-order valence-corrected chi connectivity index (χ2v) is 7.27. The van der Waals surface area contributed by atoms with Gasteiger partial charge in [-0.15, -0.1) is 0 Å². The molecule has 1 aliphatic rings. The number of aliphatic hydroxyl groups excluding tert-OH is 1. The van der Waals surface area contributed by atoms with Crippen molar-refractivity contribution in [1.82, 2.24) is 0 Å². The lowest BCUT2D eigenvalue weighted by molar-refractivity contribution is -0.384. The van der Waals surface area contributed by atoms with E-state index >= 15 is 0 Å². The Balaban J connectivity index is 1.92. The molecule has 1 heterocycles. The predicted molar refractivity (Wildman–Crippen MR) is 119 cm³/mol. The van der Waals surface area contributed by atoms with Crippen LogP contribution in [0.3, 0.4) is 0 Å². The SMILES string of the molecule is COc1cccc(N2C(=O)C(=O)/C(=C(/O)c3ccc([N+](=O)[O-])cc3)C2c2cccc(O)c2)c1. The van der Waals surface area contributed by atoms with Gasteiger partial charge < -0.3 is 14.9 Å². The van der Waals surface area contributed by atoms with Crippen molar-refractivity contribution in [3.63, 3.8) is 0 Å². The summed E-state index contributed by atoms with van der Waals surface area (Å²) in [7, 11) is 1.47. The van der Waals surface area contributed by atoms with Crippen LogP contribution in [-0.2, 0) is 9.59 Å². The van der Waals surface area contributed by atoms with E-state index in [9.17, 15) is 29.9 Å². The first kappa shape index (κ1) is 21.6. The molecule has 33 heavy (non-hydrogen) atoms. The highest BCUT2D eigenvalue weighted by Crippen LogP contribution is 2.43. The highest BCUT2D eigenvalue weighted by Gasteiger charge is 2.47. The number of rotatable bonds is 5. The second kappa shape index (κ2) is 8.46. The molecule has 9 heteroatoms. The molecule has 1 atom stereocenters. The van der Waals surface area contributed by atoms with Crippen LogP contribution in [0.2, 0.25) is 0 Å². The molecule has 4 rings (SSSR count). The van der Waals surface area contributed by atoms with Crippen molar-refractivity contribution in [2.24, 2.45) is 0 Å². The molecule has 1 unspecified atom stereocenters. The summed E-state index contributed by atoms with van der Waals surface area (Å²) in [5.41, 5.74) is 0.484. The van der Waals surface area contributed by atoms with E-state index in [1.807, 2.05) is 0 Å². The fraction of sp³-hybridized carbons (Fsp3) is 0.0833. The summed E-state index contributed by atoms with van der Waals surface area (Å²) in [6.07, 6.45) is 0. The molecule has 0 radical (unpaired) electrons. The third kappa shape index (κ3) is 3.87. The number of amides is 1. The number of ether oxygens (including phenoxy) is 1. The predicted octanol–water partition coefficient (Wildman–Crippen LogP) is 3.94. The number of phenolic OH excluding ortho intramolecular Hbond substituents is 1. The van der Waals surface area contributed by atoms with Gasteiger partial charge in [-0.25, -0.2) is 0 Å². The molecule has 1 amide bonds. The van der Waals surface area contributed by atoms with E-state index in [0.717, 1.165) is 0 Å². The van der Waals surface area contributed by atoms with Gasteiger partial charge in [0.25, 0.3) is 17.4 Å². The molecular formula is C24H18N2O7. The first-order valence-corrected chi connectivity index (χ1v) is 9.80. The summed E-state index contributed by atoms with van der Waals surface area (Å²) < 4.78 is 5.23. The Bertz CT molecular complexity index is 1300. The molecule has 166 valence electrons. The number of aromatic hydroxyl groups is 1. The van der Waals surface area contributed by atoms with Gasteiger partial charge in [0.05, 0.1) is 23.6 Å². The molecule has 2 N–H and O–H groups in total. The van der Waals surface area contributed by atoms with Crippen LogP contribution >= 0.6 is 0 Å². The molecule has 0 aliphatic carbocycles. The summed E-state index contributed by atoms with van der Waals surface area (Å²) in [4.78, 5) is 37.8. The molecular weight excluding hydrogens is 428 g/mol. The van der Waals surface area contributed by atoms with Crippen LogP contribution in [0.1, 0.15) is 17.2 Å². The van der Waals surface area contributed by atoms with Crippen LogP contribution in [0, 0.1) is 10.1 Å². The average molecular weight is 446 g/mol. The number of phenols is 1. The minimum Gasteiger partial charge on any atom is -0.508 e. The number of carbonyl (C=O) groups is 2. The van der Waals surface area contributed by atoms with E-state index in [2.05, 4.69) is 0 Å². The van der Waals surface area contributed by atoms with Gasteiger partial charge in [0.15, 0.2) is 0 Å². The number of non-ortho nitro benzene ring substituents is 1. The smallest absolute Gasteiger partial charge is 0.300 e. The first-order valence-electron chi connectivity index (χ1n) is 9.80.